The predicted molar refractivity (Wildman–Crippen MR) is 98.2 cm³/mol. The Bertz CT molecular complexity index is 841. The molecule has 0 aromatic heterocycles. The summed E-state index contributed by atoms with van der Waals surface area (Å²) in [6.07, 6.45) is 0. The van der Waals surface area contributed by atoms with Crippen molar-refractivity contribution >= 4 is 29.1 Å². The minimum atomic E-state index is -0.344. The molecule has 128 valence electrons. The maximum absolute atomic E-state index is 13.1. The van der Waals surface area contributed by atoms with Crippen LogP contribution in [0.25, 0.3) is 5.57 Å². The fraction of sp³-hybridized carbons (Fsp3) is 0.200. The summed E-state index contributed by atoms with van der Waals surface area (Å²) in [4.78, 5) is 27.4. The molecule has 0 N–H and O–H groups in total. The molecule has 0 unspecified atom stereocenters. The van der Waals surface area contributed by atoms with E-state index in [1.165, 1.54) is 28.8 Å². The molecular weight excluding hydrogens is 337 g/mol. The van der Waals surface area contributed by atoms with Gasteiger partial charge in [-0.3, -0.25) is 14.5 Å². The number of carbonyl (C=O) groups excluding carboxylic acids is 2. The number of thioether (sulfide) groups is 1. The van der Waals surface area contributed by atoms with Gasteiger partial charge in [-0.1, -0.05) is 48.9 Å². The van der Waals surface area contributed by atoms with Crippen LogP contribution < -0.4 is 0 Å². The third-order valence-electron chi connectivity index (χ3n) is 4.01. The van der Waals surface area contributed by atoms with E-state index in [1.807, 2.05) is 38.1 Å². The first-order chi connectivity index (χ1) is 12.0. The van der Waals surface area contributed by atoms with E-state index in [-0.39, 0.29) is 24.2 Å². The van der Waals surface area contributed by atoms with Gasteiger partial charge in [-0.2, -0.15) is 0 Å². The zero-order valence-electron chi connectivity index (χ0n) is 14.1. The molecule has 0 saturated heterocycles. The van der Waals surface area contributed by atoms with E-state index in [0.717, 1.165) is 11.1 Å². The average Bonchev–Trinajstić information content (AvgIpc) is 2.83. The zero-order valence-corrected chi connectivity index (χ0v) is 14.9. The highest BCUT2D eigenvalue weighted by Crippen LogP contribution is 2.36. The van der Waals surface area contributed by atoms with E-state index < -0.39 is 0 Å². The molecule has 0 fully saturated rings. The van der Waals surface area contributed by atoms with Gasteiger partial charge in [0, 0.05) is 0 Å². The van der Waals surface area contributed by atoms with E-state index in [0.29, 0.717) is 21.8 Å². The van der Waals surface area contributed by atoms with Crippen LogP contribution in [0.3, 0.4) is 0 Å². The van der Waals surface area contributed by atoms with Crippen LogP contribution in [-0.2, 0) is 16.1 Å². The number of hydrogen-bond acceptors (Lipinski definition) is 3. The molecule has 3 nitrogen and oxygen atoms in total. The van der Waals surface area contributed by atoms with E-state index in [2.05, 4.69) is 0 Å². The van der Waals surface area contributed by atoms with Gasteiger partial charge in [0.1, 0.15) is 5.82 Å². The van der Waals surface area contributed by atoms with Crippen molar-refractivity contribution in [3.05, 3.63) is 75.9 Å². The molecule has 5 heteroatoms. The Morgan fingerprint density at radius 2 is 1.60 bits per heavy atom. The summed E-state index contributed by atoms with van der Waals surface area (Å²) in [5, 5.41) is 0. The Hall–Kier alpha value is -2.40. The Labute approximate surface area is 150 Å². The van der Waals surface area contributed by atoms with Crippen molar-refractivity contribution in [2.75, 3.05) is 5.75 Å². The van der Waals surface area contributed by atoms with Crippen LogP contribution >= 0.6 is 11.8 Å². The van der Waals surface area contributed by atoms with Gasteiger partial charge in [-0.15, -0.1) is 11.8 Å². The first-order valence-electron chi connectivity index (χ1n) is 8.06. The third kappa shape index (κ3) is 3.51. The summed E-state index contributed by atoms with van der Waals surface area (Å²) >= 11 is 1.38. The van der Waals surface area contributed by atoms with Crippen molar-refractivity contribution in [2.24, 2.45) is 0 Å². The lowest BCUT2D eigenvalue weighted by molar-refractivity contribution is -0.137. The molecule has 0 atom stereocenters. The molecule has 0 bridgehead atoms. The summed E-state index contributed by atoms with van der Waals surface area (Å²) in [6, 6.07) is 13.4. The van der Waals surface area contributed by atoms with Crippen LogP contribution in [-0.4, -0.2) is 22.5 Å². The lowest BCUT2D eigenvalue weighted by atomic mass is 10.0. The van der Waals surface area contributed by atoms with E-state index in [9.17, 15) is 14.0 Å². The van der Waals surface area contributed by atoms with Gasteiger partial charge in [0.25, 0.3) is 11.8 Å². The predicted octanol–water partition coefficient (Wildman–Crippen LogP) is 4.17. The number of hydrogen-bond donors (Lipinski definition) is 0. The van der Waals surface area contributed by atoms with Crippen molar-refractivity contribution in [1.82, 2.24) is 4.90 Å². The first kappa shape index (κ1) is 17.4. The number of imide groups is 1. The number of amides is 2. The summed E-state index contributed by atoms with van der Waals surface area (Å²) in [5.74, 6) is -0.219. The Morgan fingerprint density at radius 1 is 0.960 bits per heavy atom. The van der Waals surface area contributed by atoms with Gasteiger partial charge in [-0.05, 0) is 35.9 Å². The minimum Gasteiger partial charge on any atom is -0.269 e. The van der Waals surface area contributed by atoms with Crippen LogP contribution in [0, 0.1) is 12.7 Å². The van der Waals surface area contributed by atoms with Crippen molar-refractivity contribution in [2.45, 2.75) is 20.4 Å². The van der Waals surface area contributed by atoms with Gasteiger partial charge >= 0.3 is 0 Å². The summed E-state index contributed by atoms with van der Waals surface area (Å²) < 4.78 is 13.1. The van der Waals surface area contributed by atoms with Gasteiger partial charge in [-0.25, -0.2) is 4.39 Å². The van der Waals surface area contributed by atoms with E-state index in [1.54, 1.807) is 12.1 Å². The van der Waals surface area contributed by atoms with Crippen LogP contribution in [0.5, 0.6) is 0 Å². The smallest absolute Gasteiger partial charge is 0.268 e. The molecule has 2 aromatic rings. The lowest BCUT2D eigenvalue weighted by Crippen LogP contribution is -2.30. The molecule has 0 radical (unpaired) electrons. The first-order valence-corrected chi connectivity index (χ1v) is 9.04. The van der Waals surface area contributed by atoms with E-state index in [4.69, 9.17) is 0 Å². The fourth-order valence-corrected chi connectivity index (χ4v) is 3.59. The lowest BCUT2D eigenvalue weighted by Gasteiger charge is -2.15. The molecule has 0 spiro atoms. The van der Waals surface area contributed by atoms with Gasteiger partial charge in [0.05, 0.1) is 17.0 Å². The van der Waals surface area contributed by atoms with Gasteiger partial charge in [0.15, 0.2) is 0 Å². The summed E-state index contributed by atoms with van der Waals surface area (Å²) in [7, 11) is 0. The van der Waals surface area contributed by atoms with Crippen LogP contribution in [0.15, 0.2) is 53.4 Å². The molecule has 0 aliphatic carbocycles. The minimum absolute atomic E-state index is 0.140. The van der Waals surface area contributed by atoms with Gasteiger partial charge in [0.2, 0.25) is 0 Å². The summed E-state index contributed by atoms with van der Waals surface area (Å²) in [5.41, 5.74) is 3.02. The van der Waals surface area contributed by atoms with Crippen LogP contribution in [0.2, 0.25) is 0 Å². The molecule has 1 heterocycles. The SMILES string of the molecule is CCSC1=C(c2ccc(C)cc2)C(=O)N(Cc2ccc(F)cc2)C1=O. The molecule has 1 aliphatic heterocycles. The van der Waals surface area contributed by atoms with Crippen molar-refractivity contribution in [3.63, 3.8) is 0 Å². The molecule has 3 rings (SSSR count). The van der Waals surface area contributed by atoms with Crippen molar-refractivity contribution in [1.29, 1.82) is 0 Å². The number of aryl methyl sites for hydroxylation is 1. The van der Waals surface area contributed by atoms with E-state index >= 15 is 0 Å². The molecule has 0 saturated carbocycles. The standard InChI is InChI=1S/C20H18FNO2S/c1-3-25-18-17(15-8-4-13(2)5-9-15)19(23)22(20(18)24)12-14-6-10-16(21)11-7-14/h4-11H,3,12H2,1-2H3. The molecular formula is C20H18FNO2S. The van der Waals surface area contributed by atoms with Crippen LogP contribution in [0.1, 0.15) is 23.6 Å². The molecule has 2 amide bonds. The molecule has 1 aliphatic rings. The third-order valence-corrected chi connectivity index (χ3v) is 4.96. The largest absolute Gasteiger partial charge is 0.269 e. The second-order valence-corrected chi connectivity index (χ2v) is 7.10. The number of benzene rings is 2. The van der Waals surface area contributed by atoms with Gasteiger partial charge < -0.3 is 0 Å². The summed E-state index contributed by atoms with van der Waals surface area (Å²) in [6.45, 7) is 4.06. The second-order valence-electron chi connectivity index (χ2n) is 5.83. The number of carbonyl (C=O) groups is 2. The Morgan fingerprint density at radius 3 is 2.20 bits per heavy atom. The topological polar surface area (TPSA) is 37.4 Å². The normalized spacial score (nSPS) is 14.6. The number of halogens is 1. The zero-order chi connectivity index (χ0) is 18.0. The fourth-order valence-electron chi connectivity index (χ4n) is 2.72. The number of nitrogens with zero attached hydrogens (tertiary/aromatic N) is 1. The Kier molecular flexibility index (Phi) is 5.04. The van der Waals surface area contributed by atoms with Crippen LogP contribution in [0.4, 0.5) is 4.39 Å². The average molecular weight is 355 g/mol. The number of rotatable bonds is 5. The van der Waals surface area contributed by atoms with Crippen molar-refractivity contribution in [3.8, 4) is 0 Å². The highest BCUT2D eigenvalue weighted by atomic mass is 32.2. The maximum atomic E-state index is 13.1. The second kappa shape index (κ2) is 7.23. The van der Waals surface area contributed by atoms with Crippen molar-refractivity contribution < 1.29 is 14.0 Å². The Balaban J connectivity index is 1.95. The highest BCUT2D eigenvalue weighted by molar-refractivity contribution is 8.04. The molecule has 2 aromatic carbocycles. The monoisotopic (exact) mass is 355 g/mol. The maximum Gasteiger partial charge on any atom is 0.268 e. The quantitative estimate of drug-likeness (QED) is 0.756. The molecule has 25 heavy (non-hydrogen) atoms. The highest BCUT2D eigenvalue weighted by Gasteiger charge is 2.38.